The van der Waals surface area contributed by atoms with E-state index in [9.17, 15) is 9.59 Å². The summed E-state index contributed by atoms with van der Waals surface area (Å²) in [6.45, 7) is 7.08. The number of esters is 2. The molecule has 4 heteroatoms. The Kier molecular flexibility index (Phi) is 10.4. The van der Waals surface area contributed by atoms with Crippen LogP contribution in [0, 0.1) is 5.92 Å². The van der Waals surface area contributed by atoms with Crippen LogP contribution in [0.25, 0.3) is 0 Å². The van der Waals surface area contributed by atoms with Crippen LogP contribution in [0.3, 0.4) is 0 Å². The van der Waals surface area contributed by atoms with Crippen molar-refractivity contribution in [3.05, 3.63) is 0 Å². The summed E-state index contributed by atoms with van der Waals surface area (Å²) >= 11 is 0. The predicted molar refractivity (Wildman–Crippen MR) is 70.1 cm³/mol. The second kappa shape index (κ2) is 11.1. The average Bonchev–Trinajstić information content (AvgIpc) is 2.38. The Balaban J connectivity index is 3.60. The third-order valence-electron chi connectivity index (χ3n) is 2.93. The molecule has 0 aliphatic rings. The van der Waals surface area contributed by atoms with Gasteiger partial charge in [0.2, 0.25) is 0 Å². The molecule has 0 spiro atoms. The van der Waals surface area contributed by atoms with Crippen LogP contribution >= 0.6 is 0 Å². The van der Waals surface area contributed by atoms with E-state index in [0.717, 1.165) is 25.7 Å². The third-order valence-corrected chi connectivity index (χ3v) is 2.93. The summed E-state index contributed by atoms with van der Waals surface area (Å²) in [6.07, 6.45) is 4.10. The van der Waals surface area contributed by atoms with E-state index in [1.807, 2.05) is 6.92 Å². The van der Waals surface area contributed by atoms with Crippen molar-refractivity contribution in [3.63, 3.8) is 0 Å². The van der Waals surface area contributed by atoms with E-state index in [1.165, 1.54) is 0 Å². The van der Waals surface area contributed by atoms with Crippen molar-refractivity contribution in [2.24, 2.45) is 5.92 Å². The van der Waals surface area contributed by atoms with Gasteiger partial charge in [-0.05, 0) is 12.3 Å². The van der Waals surface area contributed by atoms with Gasteiger partial charge in [-0.1, -0.05) is 40.0 Å². The van der Waals surface area contributed by atoms with E-state index in [1.54, 1.807) is 0 Å². The van der Waals surface area contributed by atoms with Gasteiger partial charge in [0, 0.05) is 0 Å². The largest absolute Gasteiger partial charge is 0.466 e. The van der Waals surface area contributed by atoms with Crippen molar-refractivity contribution < 1.29 is 19.1 Å². The first-order valence-electron chi connectivity index (χ1n) is 6.95. The number of hydrogen-bond acceptors (Lipinski definition) is 4. The fourth-order valence-corrected chi connectivity index (χ4v) is 1.41. The van der Waals surface area contributed by atoms with Gasteiger partial charge in [-0.15, -0.1) is 0 Å². The SMILES string of the molecule is CCCCOC(=O)CCC(=O)OCC(CC)CC. The number of carbonyl (C=O) groups excluding carboxylic acids is 2. The smallest absolute Gasteiger partial charge is 0.306 e. The van der Waals surface area contributed by atoms with Gasteiger partial charge in [0.25, 0.3) is 0 Å². The van der Waals surface area contributed by atoms with Crippen molar-refractivity contribution in [2.45, 2.75) is 59.3 Å². The Morgan fingerprint density at radius 2 is 1.50 bits per heavy atom. The zero-order chi connectivity index (χ0) is 13.8. The van der Waals surface area contributed by atoms with E-state index in [4.69, 9.17) is 9.47 Å². The molecule has 0 N–H and O–H groups in total. The molecule has 0 radical (unpaired) electrons. The van der Waals surface area contributed by atoms with Crippen molar-refractivity contribution in [1.29, 1.82) is 0 Å². The molecule has 0 aromatic carbocycles. The van der Waals surface area contributed by atoms with Crippen LogP contribution in [0.1, 0.15) is 59.3 Å². The highest BCUT2D eigenvalue weighted by molar-refractivity contribution is 5.77. The molecular weight excluding hydrogens is 232 g/mol. The molecule has 0 bridgehead atoms. The monoisotopic (exact) mass is 258 g/mol. The maximum atomic E-state index is 11.4. The number of carbonyl (C=O) groups is 2. The lowest BCUT2D eigenvalue weighted by Gasteiger charge is -2.12. The first-order chi connectivity index (χ1) is 8.63. The minimum absolute atomic E-state index is 0.116. The van der Waals surface area contributed by atoms with Crippen molar-refractivity contribution in [1.82, 2.24) is 0 Å². The summed E-state index contributed by atoms with van der Waals surface area (Å²) in [4.78, 5) is 22.6. The van der Waals surface area contributed by atoms with Gasteiger partial charge in [-0.25, -0.2) is 0 Å². The standard InChI is InChI=1S/C14H26O4/c1-4-7-10-17-13(15)8-9-14(16)18-11-12(5-2)6-3/h12H,4-11H2,1-3H3. The zero-order valence-corrected chi connectivity index (χ0v) is 11.9. The second-order valence-corrected chi connectivity index (χ2v) is 4.44. The molecule has 0 heterocycles. The molecule has 0 unspecified atom stereocenters. The van der Waals surface area contributed by atoms with Gasteiger partial charge in [0.05, 0.1) is 26.1 Å². The molecule has 0 amide bonds. The second-order valence-electron chi connectivity index (χ2n) is 4.44. The quantitative estimate of drug-likeness (QED) is 0.446. The molecule has 0 saturated carbocycles. The van der Waals surface area contributed by atoms with Gasteiger partial charge in [0.15, 0.2) is 0 Å². The van der Waals surface area contributed by atoms with Crippen LogP contribution in [0.5, 0.6) is 0 Å². The summed E-state index contributed by atoms with van der Waals surface area (Å²) in [7, 11) is 0. The molecule has 0 rings (SSSR count). The summed E-state index contributed by atoms with van der Waals surface area (Å²) < 4.78 is 10.1. The van der Waals surface area contributed by atoms with Crippen LogP contribution in [0.4, 0.5) is 0 Å². The first-order valence-corrected chi connectivity index (χ1v) is 6.95. The number of ether oxygens (including phenoxy) is 2. The van der Waals surface area contributed by atoms with Gasteiger partial charge in [-0.2, -0.15) is 0 Å². The Bertz CT molecular complexity index is 234. The average molecular weight is 258 g/mol. The Hall–Kier alpha value is -1.06. The Labute approximate surface area is 110 Å². The maximum Gasteiger partial charge on any atom is 0.306 e. The van der Waals surface area contributed by atoms with Crippen LogP contribution < -0.4 is 0 Å². The van der Waals surface area contributed by atoms with Crippen molar-refractivity contribution >= 4 is 11.9 Å². The number of unbranched alkanes of at least 4 members (excludes halogenated alkanes) is 1. The molecule has 18 heavy (non-hydrogen) atoms. The molecular formula is C14H26O4. The van der Waals surface area contributed by atoms with Gasteiger partial charge < -0.3 is 9.47 Å². The van der Waals surface area contributed by atoms with E-state index in [2.05, 4.69) is 13.8 Å². The summed E-state index contributed by atoms with van der Waals surface area (Å²) in [6, 6.07) is 0. The van der Waals surface area contributed by atoms with Gasteiger partial charge >= 0.3 is 11.9 Å². The highest BCUT2D eigenvalue weighted by atomic mass is 16.5. The molecule has 4 nitrogen and oxygen atoms in total. The lowest BCUT2D eigenvalue weighted by Crippen LogP contribution is -2.15. The summed E-state index contributed by atoms with van der Waals surface area (Å²) in [5, 5.41) is 0. The lowest BCUT2D eigenvalue weighted by molar-refractivity contribution is -0.151. The highest BCUT2D eigenvalue weighted by Gasteiger charge is 2.11. The number of rotatable bonds is 10. The van der Waals surface area contributed by atoms with Crippen LogP contribution in [-0.4, -0.2) is 25.2 Å². The van der Waals surface area contributed by atoms with Gasteiger partial charge in [-0.3, -0.25) is 9.59 Å². The third kappa shape index (κ3) is 9.02. The molecule has 106 valence electrons. The predicted octanol–water partition coefficient (Wildman–Crippen LogP) is 3.09. The zero-order valence-electron chi connectivity index (χ0n) is 11.9. The number of hydrogen-bond donors (Lipinski definition) is 0. The van der Waals surface area contributed by atoms with E-state index >= 15 is 0 Å². The van der Waals surface area contributed by atoms with Crippen molar-refractivity contribution in [3.8, 4) is 0 Å². The van der Waals surface area contributed by atoms with Gasteiger partial charge in [0.1, 0.15) is 0 Å². The first kappa shape index (κ1) is 16.9. The summed E-state index contributed by atoms with van der Waals surface area (Å²) in [5.41, 5.74) is 0. The molecule has 0 atom stereocenters. The molecule has 0 aliphatic carbocycles. The van der Waals surface area contributed by atoms with E-state index in [0.29, 0.717) is 19.1 Å². The van der Waals surface area contributed by atoms with Crippen LogP contribution in [0.15, 0.2) is 0 Å². The fraction of sp³-hybridized carbons (Fsp3) is 0.857. The minimum Gasteiger partial charge on any atom is -0.466 e. The van der Waals surface area contributed by atoms with Crippen molar-refractivity contribution in [2.75, 3.05) is 13.2 Å². The Morgan fingerprint density at radius 1 is 0.944 bits per heavy atom. The van der Waals surface area contributed by atoms with E-state index < -0.39 is 0 Å². The fourth-order valence-electron chi connectivity index (χ4n) is 1.41. The molecule has 0 fully saturated rings. The lowest BCUT2D eigenvalue weighted by atomic mass is 10.1. The Morgan fingerprint density at radius 3 is 2.00 bits per heavy atom. The highest BCUT2D eigenvalue weighted by Crippen LogP contribution is 2.08. The van der Waals surface area contributed by atoms with Crippen LogP contribution in [-0.2, 0) is 19.1 Å². The maximum absolute atomic E-state index is 11.4. The molecule has 0 aromatic rings. The normalized spacial score (nSPS) is 10.4. The topological polar surface area (TPSA) is 52.6 Å². The molecule has 0 aliphatic heterocycles. The van der Waals surface area contributed by atoms with E-state index in [-0.39, 0.29) is 24.8 Å². The van der Waals surface area contributed by atoms with Crippen LogP contribution in [0.2, 0.25) is 0 Å². The molecule has 0 aromatic heterocycles. The summed E-state index contributed by atoms with van der Waals surface area (Å²) in [5.74, 6) is -0.206. The molecule has 0 saturated heterocycles. The minimum atomic E-state index is -0.317.